The van der Waals surface area contributed by atoms with Crippen molar-refractivity contribution in [3.63, 3.8) is 0 Å². The molecular weight excluding hydrogens is 165 g/mol. The Morgan fingerprint density at radius 3 is 1.00 bits per heavy atom. The van der Waals surface area contributed by atoms with Gasteiger partial charge in [-0.1, -0.05) is 48.5 Å². The molecule has 0 saturated heterocycles. The summed E-state index contributed by atoms with van der Waals surface area (Å²) in [4.78, 5) is 0. The Bertz CT molecular complexity index is 136. The fourth-order valence-corrected chi connectivity index (χ4v) is 2.42. The topological polar surface area (TPSA) is 26.0 Å². The molecule has 0 rings (SSSR count). The lowest BCUT2D eigenvalue weighted by Crippen LogP contribution is -2.47. The maximum atomic E-state index is 5.91. The second-order valence-corrected chi connectivity index (χ2v) is 7.06. The lowest BCUT2D eigenvalue weighted by atomic mass is 9.67. The van der Waals surface area contributed by atoms with Crippen LogP contribution in [0.5, 0.6) is 0 Å². The van der Waals surface area contributed by atoms with Crippen LogP contribution in [0.4, 0.5) is 0 Å². The maximum absolute atomic E-state index is 5.91. The van der Waals surface area contributed by atoms with Crippen molar-refractivity contribution in [1.82, 2.24) is 0 Å². The summed E-state index contributed by atoms with van der Waals surface area (Å²) in [5.74, 6) is 0. The van der Waals surface area contributed by atoms with Crippen molar-refractivity contribution < 1.29 is 0 Å². The maximum Gasteiger partial charge on any atom is 0.00746 e. The monoisotopic (exact) mass is 189 g/mol. The Labute approximate surface area is 79.3 Å². The van der Waals surface area contributed by atoms with Crippen molar-refractivity contribution in [3.05, 3.63) is 0 Å². The van der Waals surface area contributed by atoms with Crippen molar-refractivity contribution in [2.24, 2.45) is 16.3 Å². The van der Waals surface area contributed by atoms with Gasteiger partial charge in [-0.2, -0.15) is 0 Å². The molecule has 2 N–H and O–H groups in total. The second kappa shape index (κ2) is 3.27. The molecule has 1 unspecified atom stereocenters. The minimum atomic E-state index is 0.222. The van der Waals surface area contributed by atoms with Crippen LogP contribution in [-0.4, -0.2) is 5.16 Å². The SMILES string of the molecule is CC(C)(C)C(C)(PN)C(C)(C)C. The largest absolute Gasteiger partial charge is 0.312 e. The Hall–Kier alpha value is 0.390. The number of hydrogen-bond donors (Lipinski definition) is 1. The summed E-state index contributed by atoms with van der Waals surface area (Å²) in [7, 11) is 0.505. The van der Waals surface area contributed by atoms with Gasteiger partial charge in [0.1, 0.15) is 0 Å². The molecule has 0 aromatic heterocycles. The molecule has 0 aromatic rings. The number of hydrogen-bond acceptors (Lipinski definition) is 1. The van der Waals surface area contributed by atoms with Crippen molar-refractivity contribution in [1.29, 1.82) is 0 Å². The molecule has 0 heterocycles. The lowest BCUT2D eigenvalue weighted by molar-refractivity contribution is 0.155. The molecule has 0 spiro atoms. The number of nitrogens with two attached hydrogens (primary N) is 1. The van der Waals surface area contributed by atoms with Crippen LogP contribution in [0.3, 0.4) is 0 Å². The molecule has 0 fully saturated rings. The molecule has 0 aromatic carbocycles. The first kappa shape index (κ1) is 12.4. The van der Waals surface area contributed by atoms with E-state index in [1.165, 1.54) is 0 Å². The van der Waals surface area contributed by atoms with E-state index in [1.807, 2.05) is 0 Å². The predicted molar refractivity (Wildman–Crippen MR) is 59.8 cm³/mol. The molecule has 0 radical (unpaired) electrons. The predicted octanol–water partition coefficient (Wildman–Crippen LogP) is 3.39. The van der Waals surface area contributed by atoms with E-state index >= 15 is 0 Å². The van der Waals surface area contributed by atoms with Crippen LogP contribution in [0, 0.1) is 10.8 Å². The minimum absolute atomic E-state index is 0.222. The normalized spacial score (nSPS) is 16.0. The summed E-state index contributed by atoms with van der Waals surface area (Å²) in [6, 6.07) is 0. The molecule has 0 saturated carbocycles. The summed E-state index contributed by atoms with van der Waals surface area (Å²) in [5.41, 5.74) is 6.46. The van der Waals surface area contributed by atoms with Crippen molar-refractivity contribution in [2.45, 2.75) is 53.6 Å². The Balaban J connectivity index is 4.95. The van der Waals surface area contributed by atoms with Gasteiger partial charge in [0.15, 0.2) is 0 Å². The van der Waals surface area contributed by atoms with Gasteiger partial charge in [0, 0.05) is 5.16 Å². The zero-order chi connectivity index (χ0) is 10.2. The van der Waals surface area contributed by atoms with Crippen molar-refractivity contribution in [3.8, 4) is 0 Å². The molecule has 0 aliphatic heterocycles. The molecule has 12 heavy (non-hydrogen) atoms. The van der Waals surface area contributed by atoms with Gasteiger partial charge in [-0.05, 0) is 19.6 Å². The van der Waals surface area contributed by atoms with E-state index in [9.17, 15) is 0 Å². The van der Waals surface area contributed by atoms with Crippen LogP contribution in [0.15, 0.2) is 0 Å². The van der Waals surface area contributed by atoms with Crippen LogP contribution >= 0.6 is 8.73 Å². The van der Waals surface area contributed by atoms with Crippen LogP contribution < -0.4 is 5.50 Å². The minimum Gasteiger partial charge on any atom is -0.312 e. The van der Waals surface area contributed by atoms with Crippen molar-refractivity contribution in [2.75, 3.05) is 0 Å². The van der Waals surface area contributed by atoms with Crippen molar-refractivity contribution >= 4 is 8.73 Å². The highest BCUT2D eigenvalue weighted by atomic mass is 31.1. The third kappa shape index (κ3) is 2.00. The van der Waals surface area contributed by atoms with Gasteiger partial charge in [0.05, 0.1) is 0 Å². The Morgan fingerprint density at radius 1 is 0.750 bits per heavy atom. The highest BCUT2D eigenvalue weighted by molar-refractivity contribution is 7.37. The molecule has 0 aliphatic rings. The zero-order valence-electron chi connectivity index (χ0n) is 9.58. The lowest BCUT2D eigenvalue weighted by Gasteiger charge is -2.50. The fourth-order valence-electron chi connectivity index (χ4n) is 1.56. The summed E-state index contributed by atoms with van der Waals surface area (Å²) >= 11 is 0. The summed E-state index contributed by atoms with van der Waals surface area (Å²) in [6.07, 6.45) is 0. The average Bonchev–Trinajstić information content (AvgIpc) is 1.81. The van der Waals surface area contributed by atoms with Crippen LogP contribution in [-0.2, 0) is 0 Å². The first-order chi connectivity index (χ1) is 5.06. The first-order valence-corrected chi connectivity index (χ1v) is 5.62. The average molecular weight is 189 g/mol. The number of rotatable bonds is 1. The van der Waals surface area contributed by atoms with E-state index in [2.05, 4.69) is 48.5 Å². The van der Waals surface area contributed by atoms with Gasteiger partial charge in [0.2, 0.25) is 0 Å². The van der Waals surface area contributed by atoms with Crippen LogP contribution in [0.25, 0.3) is 0 Å². The molecular formula is C10H24NP. The summed E-state index contributed by atoms with van der Waals surface area (Å²) < 4.78 is 0. The quantitative estimate of drug-likeness (QED) is 0.629. The fraction of sp³-hybridized carbons (Fsp3) is 1.00. The van der Waals surface area contributed by atoms with E-state index in [0.717, 1.165) is 0 Å². The van der Waals surface area contributed by atoms with E-state index in [4.69, 9.17) is 5.50 Å². The van der Waals surface area contributed by atoms with Crippen LogP contribution in [0.2, 0.25) is 0 Å². The van der Waals surface area contributed by atoms with Gasteiger partial charge in [-0.3, -0.25) is 0 Å². The van der Waals surface area contributed by atoms with Gasteiger partial charge in [-0.25, -0.2) is 0 Å². The highest BCUT2D eigenvalue weighted by Crippen LogP contribution is 2.53. The summed E-state index contributed by atoms with van der Waals surface area (Å²) in [5, 5.41) is 0.222. The molecule has 2 heteroatoms. The molecule has 74 valence electrons. The zero-order valence-corrected chi connectivity index (χ0v) is 10.6. The second-order valence-electron chi connectivity index (χ2n) is 5.77. The van der Waals surface area contributed by atoms with E-state index in [-0.39, 0.29) is 16.0 Å². The van der Waals surface area contributed by atoms with Gasteiger partial charge in [-0.15, -0.1) is 0 Å². The molecule has 1 nitrogen and oxygen atoms in total. The van der Waals surface area contributed by atoms with Gasteiger partial charge in [0.25, 0.3) is 0 Å². The highest BCUT2D eigenvalue weighted by Gasteiger charge is 2.45. The molecule has 1 atom stereocenters. The van der Waals surface area contributed by atoms with Gasteiger partial charge >= 0.3 is 0 Å². The van der Waals surface area contributed by atoms with Gasteiger partial charge < -0.3 is 5.50 Å². The van der Waals surface area contributed by atoms with Crippen LogP contribution in [0.1, 0.15) is 48.5 Å². The van der Waals surface area contributed by atoms with E-state index < -0.39 is 0 Å². The molecule has 0 bridgehead atoms. The molecule has 0 amide bonds. The molecule has 0 aliphatic carbocycles. The standard InChI is InChI=1S/C10H24NP/c1-8(2,3)10(7,12-11)9(4,5)6/h12H,11H2,1-7H3. The third-order valence-corrected chi connectivity index (χ3v) is 5.37. The Kier molecular flexibility index (Phi) is 3.38. The smallest absolute Gasteiger partial charge is 0.00746 e. The van der Waals surface area contributed by atoms with E-state index in [1.54, 1.807) is 0 Å². The first-order valence-electron chi connectivity index (χ1n) is 4.54. The Morgan fingerprint density at radius 2 is 1.00 bits per heavy atom. The summed E-state index contributed by atoms with van der Waals surface area (Å²) in [6.45, 7) is 16.0. The third-order valence-electron chi connectivity index (χ3n) is 3.29. The van der Waals surface area contributed by atoms with E-state index in [0.29, 0.717) is 8.73 Å².